The van der Waals surface area contributed by atoms with Crippen molar-refractivity contribution in [1.29, 1.82) is 0 Å². The van der Waals surface area contributed by atoms with Crippen molar-refractivity contribution in [1.82, 2.24) is 0 Å². The molecule has 17 heavy (non-hydrogen) atoms. The Morgan fingerprint density at radius 1 is 1.00 bits per heavy atom. The second-order valence-electron chi connectivity index (χ2n) is 3.22. The van der Waals surface area contributed by atoms with Crippen molar-refractivity contribution in [2.24, 2.45) is 0 Å². The normalized spacial score (nSPS) is 9.24. The first-order chi connectivity index (χ1) is 8.02. The summed E-state index contributed by atoms with van der Waals surface area (Å²) in [5.41, 5.74) is 0.217. The van der Waals surface area contributed by atoms with E-state index in [0.717, 1.165) is 0 Å². The van der Waals surface area contributed by atoms with E-state index in [9.17, 15) is 14.4 Å². The number of ketones is 1. The molecule has 0 aliphatic rings. The molecule has 88 valence electrons. The van der Waals surface area contributed by atoms with Gasteiger partial charge in [-0.1, -0.05) is 36.9 Å². The fourth-order valence-corrected chi connectivity index (χ4v) is 0.892. The molecule has 1 rings (SSSR count). The highest BCUT2D eigenvalue weighted by Crippen LogP contribution is 2.02. The predicted molar refractivity (Wildman–Crippen MR) is 57.8 cm³/mol. The highest BCUT2D eigenvalue weighted by Gasteiger charge is 2.20. The molecule has 5 nitrogen and oxygen atoms in total. The number of benzene rings is 1. The van der Waals surface area contributed by atoms with Gasteiger partial charge in [0.15, 0.2) is 0 Å². The van der Waals surface area contributed by atoms with E-state index >= 15 is 0 Å². The summed E-state index contributed by atoms with van der Waals surface area (Å²) >= 11 is 0. The van der Waals surface area contributed by atoms with E-state index in [2.05, 4.69) is 16.4 Å². The van der Waals surface area contributed by atoms with Crippen molar-refractivity contribution < 1.29 is 24.2 Å². The molecule has 0 heterocycles. The maximum absolute atomic E-state index is 11.4. The van der Waals surface area contributed by atoms with Gasteiger partial charge in [0.2, 0.25) is 0 Å². The van der Waals surface area contributed by atoms with Crippen LogP contribution in [0, 0.1) is 0 Å². The molecule has 0 atom stereocenters. The lowest BCUT2D eigenvalue weighted by Gasteiger charge is -2.01. The summed E-state index contributed by atoms with van der Waals surface area (Å²) in [4.78, 5) is 41.7. The number of rotatable bonds is 3. The van der Waals surface area contributed by atoms with E-state index in [1.54, 1.807) is 18.2 Å². The third-order valence-corrected chi connectivity index (χ3v) is 1.76. The van der Waals surface area contributed by atoms with Gasteiger partial charge in [-0.3, -0.25) is 4.79 Å². The van der Waals surface area contributed by atoms with Crippen LogP contribution in [0.3, 0.4) is 0 Å². The summed E-state index contributed by atoms with van der Waals surface area (Å²) in [6, 6.07) is 7.79. The third-order valence-electron chi connectivity index (χ3n) is 1.76. The average molecular weight is 234 g/mol. The standard InChI is InChI=1S/C12H10O5/c1-8(2)11(14)16-17-12(15)10(13)9-6-4-3-5-7-9/h3-7H,1H2,2H3. The minimum absolute atomic E-state index is 0.0601. The Labute approximate surface area is 97.6 Å². The first-order valence-corrected chi connectivity index (χ1v) is 4.70. The molecule has 0 N–H and O–H groups in total. The smallest absolute Gasteiger partial charge is 0.281 e. The first kappa shape index (κ1) is 12.6. The van der Waals surface area contributed by atoms with E-state index in [4.69, 9.17) is 0 Å². The number of hydrogen-bond donors (Lipinski definition) is 0. The number of Topliss-reactive ketones (excluding diaryl/α,β-unsaturated/α-hetero) is 1. The van der Waals surface area contributed by atoms with Gasteiger partial charge < -0.3 is 0 Å². The van der Waals surface area contributed by atoms with Gasteiger partial charge in [-0.15, -0.1) is 0 Å². The molecular weight excluding hydrogens is 224 g/mol. The summed E-state index contributed by atoms with van der Waals surface area (Å²) < 4.78 is 0. The second-order valence-corrected chi connectivity index (χ2v) is 3.22. The number of carbonyl (C=O) groups is 3. The van der Waals surface area contributed by atoms with Crippen LogP contribution in [0.15, 0.2) is 42.5 Å². The summed E-state index contributed by atoms with van der Waals surface area (Å²) in [5, 5.41) is 0. The van der Waals surface area contributed by atoms with Gasteiger partial charge in [0, 0.05) is 11.1 Å². The molecule has 0 saturated carbocycles. The molecule has 1 aromatic rings. The van der Waals surface area contributed by atoms with Gasteiger partial charge in [-0.05, 0) is 6.92 Å². The highest BCUT2D eigenvalue weighted by molar-refractivity contribution is 6.40. The van der Waals surface area contributed by atoms with Crippen LogP contribution in [0.2, 0.25) is 0 Å². The monoisotopic (exact) mass is 234 g/mol. The van der Waals surface area contributed by atoms with Crippen LogP contribution in [-0.4, -0.2) is 17.7 Å². The van der Waals surface area contributed by atoms with Gasteiger partial charge in [-0.2, -0.15) is 0 Å². The Hall–Kier alpha value is -2.43. The van der Waals surface area contributed by atoms with Crippen molar-refractivity contribution in [2.45, 2.75) is 6.92 Å². The van der Waals surface area contributed by atoms with E-state index in [1.165, 1.54) is 19.1 Å². The Kier molecular flexibility index (Phi) is 4.16. The number of hydrogen-bond acceptors (Lipinski definition) is 5. The average Bonchev–Trinajstić information content (AvgIpc) is 2.35. The largest absolute Gasteiger partial charge is 0.426 e. The zero-order valence-electron chi connectivity index (χ0n) is 9.14. The fraction of sp³-hybridized carbons (Fsp3) is 0.0833. The van der Waals surface area contributed by atoms with Gasteiger partial charge in [0.25, 0.3) is 5.78 Å². The maximum Gasteiger partial charge on any atom is 0.426 e. The van der Waals surface area contributed by atoms with Crippen LogP contribution in [0.5, 0.6) is 0 Å². The van der Waals surface area contributed by atoms with Crippen LogP contribution in [0.4, 0.5) is 0 Å². The Morgan fingerprint density at radius 3 is 2.06 bits per heavy atom. The fourth-order valence-electron chi connectivity index (χ4n) is 0.892. The maximum atomic E-state index is 11.4. The lowest BCUT2D eigenvalue weighted by atomic mass is 10.1. The van der Waals surface area contributed by atoms with Crippen molar-refractivity contribution in [3.8, 4) is 0 Å². The summed E-state index contributed by atoms with van der Waals surface area (Å²) in [6.07, 6.45) is 0. The molecule has 0 aliphatic carbocycles. The lowest BCUT2D eigenvalue weighted by Crippen LogP contribution is -2.20. The van der Waals surface area contributed by atoms with Crippen molar-refractivity contribution >= 4 is 17.7 Å². The topological polar surface area (TPSA) is 69.7 Å². The highest BCUT2D eigenvalue weighted by atomic mass is 17.2. The molecule has 1 aromatic carbocycles. The van der Waals surface area contributed by atoms with E-state index in [1.807, 2.05) is 0 Å². The van der Waals surface area contributed by atoms with Crippen molar-refractivity contribution in [3.63, 3.8) is 0 Å². The summed E-state index contributed by atoms with van der Waals surface area (Å²) in [6.45, 7) is 4.67. The molecule has 0 radical (unpaired) electrons. The molecule has 0 amide bonds. The van der Waals surface area contributed by atoms with Crippen molar-refractivity contribution in [3.05, 3.63) is 48.0 Å². The summed E-state index contributed by atoms with van der Waals surface area (Å²) in [5.74, 6) is -3.05. The van der Waals surface area contributed by atoms with E-state index < -0.39 is 17.7 Å². The van der Waals surface area contributed by atoms with Gasteiger partial charge in [0.1, 0.15) is 0 Å². The Morgan fingerprint density at radius 2 is 1.53 bits per heavy atom. The van der Waals surface area contributed by atoms with Gasteiger partial charge >= 0.3 is 11.9 Å². The minimum Gasteiger partial charge on any atom is -0.281 e. The van der Waals surface area contributed by atoms with Crippen LogP contribution < -0.4 is 0 Å². The predicted octanol–water partition coefficient (Wildman–Crippen LogP) is 1.45. The molecule has 0 saturated heterocycles. The van der Waals surface area contributed by atoms with Crippen LogP contribution in [0.25, 0.3) is 0 Å². The zero-order valence-corrected chi connectivity index (χ0v) is 9.14. The SMILES string of the molecule is C=C(C)C(=O)OOC(=O)C(=O)c1ccccc1. The molecule has 5 heteroatoms. The molecule has 0 unspecified atom stereocenters. The van der Waals surface area contributed by atoms with Crippen LogP contribution in [-0.2, 0) is 19.4 Å². The van der Waals surface area contributed by atoms with Crippen LogP contribution in [0.1, 0.15) is 17.3 Å². The third kappa shape index (κ3) is 3.57. The quantitative estimate of drug-likeness (QED) is 0.260. The van der Waals surface area contributed by atoms with Crippen molar-refractivity contribution in [2.75, 3.05) is 0 Å². The Balaban J connectivity index is 2.58. The second kappa shape index (κ2) is 5.60. The molecule has 0 aromatic heterocycles. The summed E-state index contributed by atoms with van der Waals surface area (Å²) in [7, 11) is 0. The molecule has 0 aliphatic heterocycles. The molecular formula is C12H10O5. The van der Waals surface area contributed by atoms with E-state index in [0.29, 0.717) is 0 Å². The molecule has 0 bridgehead atoms. The molecule has 0 fully saturated rings. The van der Waals surface area contributed by atoms with Crippen LogP contribution >= 0.6 is 0 Å². The minimum atomic E-state index is -1.26. The molecule has 0 spiro atoms. The Bertz CT molecular complexity index is 461. The lowest BCUT2D eigenvalue weighted by molar-refractivity contribution is -0.250. The van der Waals surface area contributed by atoms with Gasteiger partial charge in [0.05, 0.1) is 0 Å². The zero-order chi connectivity index (χ0) is 12.8. The van der Waals surface area contributed by atoms with E-state index in [-0.39, 0.29) is 11.1 Å². The first-order valence-electron chi connectivity index (χ1n) is 4.70. The van der Waals surface area contributed by atoms with Gasteiger partial charge in [-0.25, -0.2) is 19.4 Å². The number of carbonyl (C=O) groups excluding carboxylic acids is 3.